The second-order valence-electron chi connectivity index (χ2n) is 9.81. The molecule has 2 heterocycles. The summed E-state index contributed by atoms with van der Waals surface area (Å²) in [6.07, 6.45) is 7.10. The molecular weight excluding hydrogens is 448 g/mol. The number of rotatable bonds is 5. The highest BCUT2D eigenvalue weighted by Gasteiger charge is 2.59. The second kappa shape index (κ2) is 8.22. The van der Waals surface area contributed by atoms with E-state index in [1.165, 1.54) is 6.07 Å². The van der Waals surface area contributed by atoms with E-state index in [9.17, 15) is 13.6 Å². The standard InChI is InChI=1S/C27H25F2N5O/c1-14(27(35)33-18-5-3-16(4-6-18)17-11-30-15(2)31-12-17)26-20-7-19(8-21(20)26)34-13-32-24-9-22(28)23(29)10-25(24)34/h3-6,9-14,19-21,26H,7-8H2,1-2H3,(H,33,35)/t14-,19-,20-,21+,26+/m0/s1. The molecule has 0 aliphatic heterocycles. The molecule has 1 amide bonds. The van der Waals surface area contributed by atoms with Crippen molar-refractivity contribution in [2.45, 2.75) is 32.7 Å². The molecule has 0 spiro atoms. The molecule has 1 N–H and O–H groups in total. The van der Waals surface area contributed by atoms with Gasteiger partial charge < -0.3 is 9.88 Å². The van der Waals surface area contributed by atoms with Gasteiger partial charge in [0.05, 0.1) is 17.4 Å². The fourth-order valence-corrected chi connectivity index (χ4v) is 5.86. The van der Waals surface area contributed by atoms with E-state index in [1.807, 2.05) is 42.7 Å². The zero-order valence-electron chi connectivity index (χ0n) is 19.5. The van der Waals surface area contributed by atoms with E-state index in [0.29, 0.717) is 28.8 Å². The number of aromatic nitrogens is 4. The number of anilines is 1. The lowest BCUT2D eigenvalue weighted by Crippen LogP contribution is -2.24. The number of hydrogen-bond acceptors (Lipinski definition) is 4. The summed E-state index contributed by atoms with van der Waals surface area (Å²) in [4.78, 5) is 25.7. The van der Waals surface area contributed by atoms with Crippen LogP contribution in [-0.2, 0) is 4.79 Å². The number of halogens is 2. The quantitative estimate of drug-likeness (QED) is 0.412. The molecule has 0 bridgehead atoms. The number of benzene rings is 2. The Morgan fingerprint density at radius 2 is 1.66 bits per heavy atom. The van der Waals surface area contributed by atoms with Crippen LogP contribution in [0.5, 0.6) is 0 Å². The minimum atomic E-state index is -0.879. The fraction of sp³-hybridized carbons (Fsp3) is 0.333. The molecule has 2 aromatic heterocycles. The van der Waals surface area contributed by atoms with Crippen molar-refractivity contribution < 1.29 is 13.6 Å². The first-order chi connectivity index (χ1) is 16.9. The van der Waals surface area contributed by atoms with Crippen molar-refractivity contribution in [1.29, 1.82) is 0 Å². The zero-order chi connectivity index (χ0) is 24.3. The topological polar surface area (TPSA) is 72.7 Å². The third-order valence-electron chi connectivity index (χ3n) is 7.75. The molecule has 35 heavy (non-hydrogen) atoms. The molecule has 2 aliphatic carbocycles. The average Bonchev–Trinajstić information content (AvgIpc) is 3.15. The largest absolute Gasteiger partial charge is 0.327 e. The lowest BCUT2D eigenvalue weighted by molar-refractivity contribution is -0.120. The van der Waals surface area contributed by atoms with Gasteiger partial charge >= 0.3 is 0 Å². The predicted octanol–water partition coefficient (Wildman–Crippen LogP) is 5.55. The molecule has 6 nitrogen and oxygen atoms in total. The third kappa shape index (κ3) is 3.87. The lowest BCUT2D eigenvalue weighted by atomic mass is 9.96. The van der Waals surface area contributed by atoms with E-state index >= 15 is 0 Å². The molecule has 178 valence electrons. The molecule has 4 aromatic rings. The van der Waals surface area contributed by atoms with Gasteiger partial charge in [0.25, 0.3) is 0 Å². The number of amides is 1. The Labute approximate surface area is 201 Å². The highest BCUT2D eigenvalue weighted by molar-refractivity contribution is 5.93. The smallest absolute Gasteiger partial charge is 0.227 e. The number of hydrogen-bond donors (Lipinski definition) is 1. The first kappa shape index (κ1) is 21.8. The minimum Gasteiger partial charge on any atom is -0.327 e. The number of carbonyl (C=O) groups is 1. The summed E-state index contributed by atoms with van der Waals surface area (Å²) in [6.45, 7) is 3.84. The Hall–Kier alpha value is -3.68. The summed E-state index contributed by atoms with van der Waals surface area (Å²) < 4.78 is 29.3. The van der Waals surface area contributed by atoms with Crippen LogP contribution in [0.25, 0.3) is 22.2 Å². The summed E-state index contributed by atoms with van der Waals surface area (Å²) >= 11 is 0. The molecule has 2 aliphatic rings. The summed E-state index contributed by atoms with van der Waals surface area (Å²) in [6, 6.07) is 10.3. The van der Waals surface area contributed by atoms with Gasteiger partial charge in [0, 0.05) is 47.7 Å². The van der Waals surface area contributed by atoms with Crippen LogP contribution < -0.4 is 5.32 Å². The summed E-state index contributed by atoms with van der Waals surface area (Å²) in [5, 5.41) is 3.05. The number of carbonyl (C=O) groups excluding carboxylic acids is 1. The number of imidazole rings is 1. The summed E-state index contributed by atoms with van der Waals surface area (Å²) in [5.41, 5.74) is 3.78. The van der Waals surface area contributed by atoms with E-state index in [4.69, 9.17) is 0 Å². The molecule has 8 heteroatoms. The van der Waals surface area contributed by atoms with E-state index in [1.54, 1.807) is 18.7 Å². The Balaban J connectivity index is 1.08. The van der Waals surface area contributed by atoms with Crippen molar-refractivity contribution in [2.24, 2.45) is 23.7 Å². The highest BCUT2D eigenvalue weighted by atomic mass is 19.2. The maximum atomic E-state index is 13.8. The van der Waals surface area contributed by atoms with Crippen LogP contribution in [0.1, 0.15) is 31.6 Å². The van der Waals surface area contributed by atoms with Crippen molar-refractivity contribution in [1.82, 2.24) is 19.5 Å². The molecule has 2 aromatic carbocycles. The van der Waals surface area contributed by atoms with Gasteiger partial charge in [0.15, 0.2) is 11.6 Å². The van der Waals surface area contributed by atoms with Gasteiger partial charge in [-0.15, -0.1) is 0 Å². The number of fused-ring (bicyclic) bond motifs is 2. The Morgan fingerprint density at radius 1 is 1.00 bits per heavy atom. The number of aryl methyl sites for hydroxylation is 1. The molecule has 0 saturated heterocycles. The van der Waals surface area contributed by atoms with Crippen LogP contribution >= 0.6 is 0 Å². The van der Waals surface area contributed by atoms with Crippen LogP contribution in [0, 0.1) is 42.2 Å². The molecule has 2 fully saturated rings. The molecule has 2 saturated carbocycles. The summed E-state index contributed by atoms with van der Waals surface area (Å²) in [7, 11) is 0. The maximum absolute atomic E-state index is 13.8. The van der Waals surface area contributed by atoms with Crippen molar-refractivity contribution in [3.8, 4) is 11.1 Å². The lowest BCUT2D eigenvalue weighted by Gasteiger charge is -2.20. The molecule has 6 rings (SSSR count). The van der Waals surface area contributed by atoms with Crippen molar-refractivity contribution in [3.63, 3.8) is 0 Å². The van der Waals surface area contributed by atoms with Gasteiger partial charge in [0.2, 0.25) is 5.91 Å². The predicted molar refractivity (Wildman–Crippen MR) is 128 cm³/mol. The normalized spacial score (nSPS) is 23.8. The van der Waals surface area contributed by atoms with Crippen LogP contribution in [0.2, 0.25) is 0 Å². The van der Waals surface area contributed by atoms with E-state index in [0.717, 1.165) is 41.5 Å². The van der Waals surface area contributed by atoms with Crippen molar-refractivity contribution in [2.75, 3.05) is 5.32 Å². The second-order valence-corrected chi connectivity index (χ2v) is 9.81. The van der Waals surface area contributed by atoms with Gasteiger partial charge in [-0.25, -0.2) is 23.7 Å². The minimum absolute atomic E-state index is 0.0259. The maximum Gasteiger partial charge on any atom is 0.227 e. The van der Waals surface area contributed by atoms with Crippen LogP contribution in [0.4, 0.5) is 14.5 Å². The van der Waals surface area contributed by atoms with Gasteiger partial charge in [0.1, 0.15) is 5.82 Å². The van der Waals surface area contributed by atoms with E-state index in [-0.39, 0.29) is 17.9 Å². The van der Waals surface area contributed by atoms with Crippen LogP contribution in [-0.4, -0.2) is 25.4 Å². The Bertz CT molecular complexity index is 1400. The van der Waals surface area contributed by atoms with Gasteiger partial charge in [-0.2, -0.15) is 0 Å². The van der Waals surface area contributed by atoms with Crippen molar-refractivity contribution in [3.05, 3.63) is 72.6 Å². The Kier molecular flexibility index (Phi) is 5.12. The van der Waals surface area contributed by atoms with Crippen molar-refractivity contribution >= 4 is 22.6 Å². The summed E-state index contributed by atoms with van der Waals surface area (Å²) in [5.74, 6) is 0.200. The SMILES string of the molecule is Cc1ncc(-c2ccc(NC(=O)[C@@H](C)[C@H]3[C@@H]4C[C@@H](n5cnc6cc(F)c(F)cc65)C[C@@H]43)cc2)cn1. The van der Waals surface area contributed by atoms with Crippen LogP contribution in [0.15, 0.2) is 55.1 Å². The van der Waals surface area contributed by atoms with Gasteiger partial charge in [-0.05, 0) is 55.2 Å². The fourth-order valence-electron chi connectivity index (χ4n) is 5.86. The van der Waals surface area contributed by atoms with E-state index < -0.39 is 11.6 Å². The zero-order valence-corrected chi connectivity index (χ0v) is 19.5. The molecular formula is C27H25F2N5O. The van der Waals surface area contributed by atoms with Crippen LogP contribution in [0.3, 0.4) is 0 Å². The number of nitrogens with zero attached hydrogens (tertiary/aromatic N) is 4. The first-order valence-corrected chi connectivity index (χ1v) is 11.9. The highest BCUT2D eigenvalue weighted by Crippen LogP contribution is 2.64. The number of nitrogens with one attached hydrogen (secondary N) is 1. The molecule has 5 atom stereocenters. The monoisotopic (exact) mass is 473 g/mol. The third-order valence-corrected chi connectivity index (χ3v) is 7.75. The average molecular weight is 474 g/mol. The Morgan fingerprint density at radius 3 is 2.34 bits per heavy atom. The van der Waals surface area contributed by atoms with Gasteiger partial charge in [-0.1, -0.05) is 19.1 Å². The van der Waals surface area contributed by atoms with E-state index in [2.05, 4.69) is 20.3 Å². The molecule has 0 unspecified atom stereocenters. The first-order valence-electron chi connectivity index (χ1n) is 11.9. The molecule has 0 radical (unpaired) electrons. The van der Waals surface area contributed by atoms with Gasteiger partial charge in [-0.3, -0.25) is 4.79 Å².